The molecule has 0 N–H and O–H groups in total. The molecular formula is C22H30O4. The summed E-state index contributed by atoms with van der Waals surface area (Å²) in [6.07, 6.45) is 6.86. The molecule has 142 valence electrons. The number of hydrogen-bond donors (Lipinski definition) is 0. The molecule has 0 unspecified atom stereocenters. The Balaban J connectivity index is 2.26. The van der Waals surface area contributed by atoms with Crippen molar-refractivity contribution in [2.24, 2.45) is 17.3 Å². The third kappa shape index (κ3) is 4.22. The summed E-state index contributed by atoms with van der Waals surface area (Å²) in [4.78, 5) is 36.0. The molecule has 0 aliphatic heterocycles. The average Bonchev–Trinajstić information content (AvgIpc) is 2.50. The molecule has 1 saturated carbocycles. The average molecular weight is 358 g/mol. The van der Waals surface area contributed by atoms with E-state index in [9.17, 15) is 14.4 Å². The van der Waals surface area contributed by atoms with Crippen LogP contribution in [0.25, 0.3) is 0 Å². The largest absolute Gasteiger partial charge is 0.454 e. The van der Waals surface area contributed by atoms with Crippen molar-refractivity contribution in [3.63, 3.8) is 0 Å². The summed E-state index contributed by atoms with van der Waals surface area (Å²) in [6, 6.07) is 0. The lowest BCUT2D eigenvalue weighted by Crippen LogP contribution is -2.52. The number of esters is 1. The van der Waals surface area contributed by atoms with Gasteiger partial charge in [0, 0.05) is 12.3 Å². The van der Waals surface area contributed by atoms with Gasteiger partial charge in [0.2, 0.25) is 0 Å². The predicted molar refractivity (Wildman–Crippen MR) is 101 cm³/mol. The molecule has 0 radical (unpaired) electrons. The Kier molecular flexibility index (Phi) is 6.05. The zero-order valence-electron chi connectivity index (χ0n) is 16.7. The quantitative estimate of drug-likeness (QED) is 0.554. The molecule has 0 amide bonds. The van der Waals surface area contributed by atoms with Crippen LogP contribution in [0.1, 0.15) is 60.8 Å². The topological polar surface area (TPSA) is 60.4 Å². The zero-order chi connectivity index (χ0) is 19.6. The first-order chi connectivity index (χ1) is 12.0. The molecule has 0 spiro atoms. The van der Waals surface area contributed by atoms with Crippen LogP contribution in [0, 0.1) is 17.3 Å². The van der Waals surface area contributed by atoms with Crippen molar-refractivity contribution in [2.45, 2.75) is 66.9 Å². The van der Waals surface area contributed by atoms with Crippen molar-refractivity contribution in [3.8, 4) is 0 Å². The zero-order valence-corrected chi connectivity index (χ0v) is 16.7. The Labute approximate surface area is 156 Å². The Bertz CT molecular complexity index is 706. The molecule has 2 aliphatic rings. The molecule has 0 heterocycles. The molecule has 0 aromatic rings. The summed E-state index contributed by atoms with van der Waals surface area (Å²) in [5, 5.41) is 0. The van der Waals surface area contributed by atoms with Crippen LogP contribution in [-0.2, 0) is 19.1 Å². The van der Waals surface area contributed by atoms with Crippen molar-refractivity contribution >= 4 is 17.5 Å². The summed E-state index contributed by atoms with van der Waals surface area (Å²) in [6.45, 7) is 11.2. The van der Waals surface area contributed by atoms with Crippen molar-refractivity contribution in [3.05, 3.63) is 34.9 Å². The number of hydrogen-bond acceptors (Lipinski definition) is 4. The highest BCUT2D eigenvalue weighted by molar-refractivity contribution is 6.00. The van der Waals surface area contributed by atoms with E-state index in [2.05, 4.69) is 6.92 Å². The van der Waals surface area contributed by atoms with Gasteiger partial charge in [-0.1, -0.05) is 23.6 Å². The summed E-state index contributed by atoms with van der Waals surface area (Å²) >= 11 is 0. The molecular weight excluding hydrogens is 328 g/mol. The van der Waals surface area contributed by atoms with E-state index in [-0.39, 0.29) is 22.9 Å². The maximum Gasteiger partial charge on any atom is 0.303 e. The molecule has 0 bridgehead atoms. The van der Waals surface area contributed by atoms with E-state index in [1.54, 1.807) is 18.2 Å². The molecule has 4 atom stereocenters. The highest BCUT2D eigenvalue weighted by atomic mass is 16.5. The molecule has 0 saturated heterocycles. The number of fused-ring (bicyclic) bond motifs is 1. The molecule has 26 heavy (non-hydrogen) atoms. The lowest BCUT2D eigenvalue weighted by molar-refractivity contribution is -0.165. The smallest absolute Gasteiger partial charge is 0.303 e. The minimum atomic E-state index is -0.703. The SMILES string of the molecule is CC(=O)O[C@@H]1C(=O)C=C(C)[C@H]2C[C@H](C(C)=CC(=O)C=C(C)C)CC[C@@]21C. The van der Waals surface area contributed by atoms with Gasteiger partial charge in [-0.05, 0) is 77.0 Å². The Morgan fingerprint density at radius 3 is 2.42 bits per heavy atom. The van der Waals surface area contributed by atoms with Gasteiger partial charge < -0.3 is 4.74 Å². The van der Waals surface area contributed by atoms with Crippen molar-refractivity contribution in [2.75, 3.05) is 0 Å². The minimum Gasteiger partial charge on any atom is -0.454 e. The van der Waals surface area contributed by atoms with Gasteiger partial charge in [0.25, 0.3) is 0 Å². The monoisotopic (exact) mass is 358 g/mol. The molecule has 1 fully saturated rings. The first kappa shape index (κ1) is 20.3. The molecule has 0 aromatic carbocycles. The van der Waals surface area contributed by atoms with Gasteiger partial charge in [-0.15, -0.1) is 0 Å². The number of allylic oxidation sites excluding steroid dienone is 5. The maximum absolute atomic E-state index is 12.4. The third-order valence-electron chi connectivity index (χ3n) is 5.85. The lowest BCUT2D eigenvalue weighted by atomic mass is 9.56. The van der Waals surface area contributed by atoms with Gasteiger partial charge in [-0.25, -0.2) is 0 Å². The van der Waals surface area contributed by atoms with E-state index < -0.39 is 12.1 Å². The second-order valence-electron chi connectivity index (χ2n) is 8.32. The third-order valence-corrected chi connectivity index (χ3v) is 5.85. The Morgan fingerprint density at radius 2 is 1.85 bits per heavy atom. The second-order valence-corrected chi connectivity index (χ2v) is 8.32. The summed E-state index contributed by atoms with van der Waals surface area (Å²) < 4.78 is 5.42. The molecule has 2 aliphatic carbocycles. The van der Waals surface area contributed by atoms with Crippen LogP contribution in [-0.4, -0.2) is 23.6 Å². The number of ketones is 2. The minimum absolute atomic E-state index is 0.0275. The summed E-state index contributed by atoms with van der Waals surface area (Å²) in [5.74, 6) is -0.0234. The van der Waals surface area contributed by atoms with Gasteiger partial charge in [-0.2, -0.15) is 0 Å². The fourth-order valence-electron chi connectivity index (χ4n) is 4.52. The van der Waals surface area contributed by atoms with Gasteiger partial charge in [0.15, 0.2) is 17.7 Å². The summed E-state index contributed by atoms with van der Waals surface area (Å²) in [7, 11) is 0. The van der Waals surface area contributed by atoms with Crippen molar-refractivity contribution in [1.82, 2.24) is 0 Å². The number of carbonyl (C=O) groups excluding carboxylic acids is 3. The van der Waals surface area contributed by atoms with Gasteiger partial charge in [0.05, 0.1) is 0 Å². The van der Waals surface area contributed by atoms with E-state index in [0.29, 0.717) is 5.92 Å². The maximum atomic E-state index is 12.4. The van der Waals surface area contributed by atoms with Crippen LogP contribution in [0.4, 0.5) is 0 Å². The van der Waals surface area contributed by atoms with Crippen LogP contribution in [0.5, 0.6) is 0 Å². The van der Waals surface area contributed by atoms with Crippen LogP contribution in [0.2, 0.25) is 0 Å². The summed E-state index contributed by atoms with van der Waals surface area (Å²) in [5.41, 5.74) is 2.75. The lowest BCUT2D eigenvalue weighted by Gasteiger charge is -2.50. The van der Waals surface area contributed by atoms with Gasteiger partial charge in [0.1, 0.15) is 0 Å². The van der Waals surface area contributed by atoms with Crippen LogP contribution < -0.4 is 0 Å². The first-order valence-corrected chi connectivity index (χ1v) is 9.31. The fraction of sp³-hybridized carbons (Fsp3) is 0.591. The van der Waals surface area contributed by atoms with Gasteiger partial charge in [-0.3, -0.25) is 14.4 Å². The molecule has 4 nitrogen and oxygen atoms in total. The molecule has 2 rings (SSSR count). The highest BCUT2D eigenvalue weighted by Gasteiger charge is 2.52. The van der Waals surface area contributed by atoms with E-state index in [1.165, 1.54) is 6.92 Å². The van der Waals surface area contributed by atoms with Crippen LogP contribution in [0.15, 0.2) is 34.9 Å². The predicted octanol–water partition coefficient (Wildman–Crippen LogP) is 4.35. The van der Waals surface area contributed by atoms with E-state index in [1.807, 2.05) is 27.7 Å². The Morgan fingerprint density at radius 1 is 1.19 bits per heavy atom. The van der Waals surface area contributed by atoms with E-state index >= 15 is 0 Å². The number of rotatable bonds is 4. The fourth-order valence-corrected chi connectivity index (χ4v) is 4.52. The number of ether oxygens (including phenoxy) is 1. The Hall–Kier alpha value is -1.97. The standard InChI is InChI=1S/C22H30O4/c1-13(2)9-18(24)10-14(3)17-7-8-22(6)19(12-17)15(4)11-20(25)21(22)26-16(5)23/h9-11,17,19,21H,7-8,12H2,1-6H3/t17-,19-,21-,22+/m1/s1. The normalized spacial score (nSPS) is 31.6. The van der Waals surface area contributed by atoms with Crippen LogP contribution in [0.3, 0.4) is 0 Å². The van der Waals surface area contributed by atoms with Crippen molar-refractivity contribution in [1.29, 1.82) is 0 Å². The number of carbonyl (C=O) groups is 3. The second kappa shape index (κ2) is 7.73. The van der Waals surface area contributed by atoms with Gasteiger partial charge >= 0.3 is 5.97 Å². The first-order valence-electron chi connectivity index (χ1n) is 9.31. The van der Waals surface area contributed by atoms with Crippen LogP contribution >= 0.6 is 0 Å². The van der Waals surface area contributed by atoms with E-state index in [4.69, 9.17) is 4.74 Å². The molecule has 4 heteroatoms. The highest BCUT2D eigenvalue weighted by Crippen LogP contribution is 2.53. The molecule has 0 aromatic heterocycles. The van der Waals surface area contributed by atoms with E-state index in [0.717, 1.165) is 36.0 Å². The van der Waals surface area contributed by atoms with Crippen molar-refractivity contribution < 1.29 is 19.1 Å².